The number of aromatic amines is 1. The van der Waals surface area contributed by atoms with E-state index in [9.17, 15) is 9.59 Å². The minimum Gasteiger partial charge on any atom is -0.455 e. The Morgan fingerprint density at radius 2 is 2.00 bits per heavy atom. The van der Waals surface area contributed by atoms with Crippen molar-refractivity contribution in [1.29, 1.82) is 0 Å². The SMILES string of the molecule is CSc1cccc(NC(=O)COC(=O)Cc2c[nH]c3ccccc23)c1. The Kier molecular flexibility index (Phi) is 5.40. The van der Waals surface area contributed by atoms with E-state index < -0.39 is 5.97 Å². The number of nitrogens with one attached hydrogen (secondary N) is 2. The first-order chi connectivity index (χ1) is 12.2. The van der Waals surface area contributed by atoms with Crippen molar-refractivity contribution in [3.05, 3.63) is 60.3 Å². The number of anilines is 1. The molecule has 0 bridgehead atoms. The van der Waals surface area contributed by atoms with Crippen LogP contribution in [0.15, 0.2) is 59.6 Å². The first kappa shape index (κ1) is 17.1. The number of fused-ring (bicyclic) bond motifs is 1. The number of para-hydroxylation sites is 1. The van der Waals surface area contributed by atoms with E-state index in [4.69, 9.17) is 4.74 Å². The molecule has 3 rings (SSSR count). The molecule has 0 aliphatic heterocycles. The van der Waals surface area contributed by atoms with Gasteiger partial charge in [-0.3, -0.25) is 9.59 Å². The highest BCUT2D eigenvalue weighted by Gasteiger charge is 2.12. The van der Waals surface area contributed by atoms with Gasteiger partial charge in [0.25, 0.3) is 5.91 Å². The highest BCUT2D eigenvalue weighted by molar-refractivity contribution is 7.98. The number of esters is 1. The molecule has 0 saturated carbocycles. The summed E-state index contributed by atoms with van der Waals surface area (Å²) in [7, 11) is 0. The first-order valence-electron chi connectivity index (χ1n) is 7.80. The molecule has 1 aromatic heterocycles. The molecule has 25 heavy (non-hydrogen) atoms. The number of H-pyrrole nitrogens is 1. The van der Waals surface area contributed by atoms with Crippen molar-refractivity contribution in [2.45, 2.75) is 11.3 Å². The topological polar surface area (TPSA) is 71.2 Å². The fourth-order valence-corrected chi connectivity index (χ4v) is 2.99. The summed E-state index contributed by atoms with van der Waals surface area (Å²) in [6.07, 6.45) is 3.88. The van der Waals surface area contributed by atoms with Crippen LogP contribution in [-0.2, 0) is 20.7 Å². The van der Waals surface area contributed by atoms with Crippen LogP contribution < -0.4 is 5.32 Å². The normalized spacial score (nSPS) is 10.6. The third-order valence-electron chi connectivity index (χ3n) is 3.73. The maximum absolute atomic E-state index is 12.0. The summed E-state index contributed by atoms with van der Waals surface area (Å²) in [5.74, 6) is -0.789. The van der Waals surface area contributed by atoms with Crippen LogP contribution in [0.1, 0.15) is 5.56 Å². The number of hydrogen-bond donors (Lipinski definition) is 2. The molecule has 5 nitrogen and oxygen atoms in total. The zero-order valence-corrected chi connectivity index (χ0v) is 14.6. The van der Waals surface area contributed by atoms with Gasteiger partial charge in [-0.05, 0) is 36.1 Å². The van der Waals surface area contributed by atoms with Crippen molar-refractivity contribution in [3.8, 4) is 0 Å². The van der Waals surface area contributed by atoms with Crippen molar-refractivity contribution in [2.75, 3.05) is 18.2 Å². The van der Waals surface area contributed by atoms with Gasteiger partial charge in [-0.25, -0.2) is 0 Å². The highest BCUT2D eigenvalue weighted by Crippen LogP contribution is 2.19. The van der Waals surface area contributed by atoms with Gasteiger partial charge in [0.05, 0.1) is 6.42 Å². The summed E-state index contributed by atoms with van der Waals surface area (Å²) in [5, 5.41) is 3.71. The van der Waals surface area contributed by atoms with Crippen LogP contribution in [0.25, 0.3) is 10.9 Å². The molecule has 2 N–H and O–H groups in total. The Labute approximate surface area is 149 Å². The van der Waals surface area contributed by atoms with E-state index >= 15 is 0 Å². The molecule has 3 aromatic rings. The lowest BCUT2D eigenvalue weighted by Gasteiger charge is -2.07. The van der Waals surface area contributed by atoms with E-state index in [0.717, 1.165) is 21.4 Å². The molecule has 0 atom stereocenters. The first-order valence-corrected chi connectivity index (χ1v) is 9.02. The molecule has 2 aromatic carbocycles. The second kappa shape index (κ2) is 7.90. The summed E-state index contributed by atoms with van der Waals surface area (Å²) in [6, 6.07) is 15.2. The van der Waals surface area contributed by atoms with Crippen molar-refractivity contribution < 1.29 is 14.3 Å². The average Bonchev–Trinajstić information content (AvgIpc) is 3.03. The van der Waals surface area contributed by atoms with Gasteiger partial charge in [0, 0.05) is 27.7 Å². The molecular weight excluding hydrogens is 336 g/mol. The van der Waals surface area contributed by atoms with Crippen LogP contribution in [0.5, 0.6) is 0 Å². The number of amides is 1. The maximum atomic E-state index is 12.0. The van der Waals surface area contributed by atoms with E-state index in [-0.39, 0.29) is 18.9 Å². The molecule has 128 valence electrons. The molecule has 0 aliphatic rings. The number of carbonyl (C=O) groups excluding carboxylic acids is 2. The van der Waals surface area contributed by atoms with Gasteiger partial charge in [-0.2, -0.15) is 0 Å². The minimum atomic E-state index is -0.433. The minimum absolute atomic E-state index is 0.124. The molecule has 6 heteroatoms. The average molecular weight is 354 g/mol. The third-order valence-corrected chi connectivity index (χ3v) is 4.45. The smallest absolute Gasteiger partial charge is 0.310 e. The summed E-state index contributed by atoms with van der Waals surface area (Å²) >= 11 is 1.59. The van der Waals surface area contributed by atoms with E-state index in [1.807, 2.05) is 48.7 Å². The second-order valence-corrected chi connectivity index (χ2v) is 6.36. The van der Waals surface area contributed by atoms with Gasteiger partial charge >= 0.3 is 5.97 Å². The summed E-state index contributed by atoms with van der Waals surface area (Å²) in [4.78, 5) is 28.1. The molecule has 0 aliphatic carbocycles. The van der Waals surface area contributed by atoms with Gasteiger partial charge in [-0.1, -0.05) is 24.3 Å². The van der Waals surface area contributed by atoms with Crippen LogP contribution in [0.4, 0.5) is 5.69 Å². The van der Waals surface area contributed by atoms with Gasteiger partial charge in [0.1, 0.15) is 0 Å². The van der Waals surface area contributed by atoms with Crippen molar-refractivity contribution >= 4 is 40.2 Å². The van der Waals surface area contributed by atoms with Gasteiger partial charge in [0.2, 0.25) is 0 Å². The summed E-state index contributed by atoms with van der Waals surface area (Å²) in [6.45, 7) is -0.301. The van der Waals surface area contributed by atoms with Crippen LogP contribution in [0.2, 0.25) is 0 Å². The maximum Gasteiger partial charge on any atom is 0.310 e. The number of aromatic nitrogens is 1. The lowest BCUT2D eigenvalue weighted by atomic mass is 10.1. The fourth-order valence-electron chi connectivity index (χ4n) is 2.53. The highest BCUT2D eigenvalue weighted by atomic mass is 32.2. The van der Waals surface area contributed by atoms with Crippen LogP contribution >= 0.6 is 11.8 Å². The zero-order chi connectivity index (χ0) is 17.6. The molecule has 0 radical (unpaired) electrons. The van der Waals surface area contributed by atoms with Crippen LogP contribution in [0.3, 0.4) is 0 Å². The number of benzene rings is 2. The standard InChI is InChI=1S/C19H18N2O3S/c1-25-15-6-4-5-14(10-15)21-18(22)12-24-19(23)9-13-11-20-17-8-3-2-7-16(13)17/h2-8,10-11,20H,9,12H2,1H3,(H,21,22). The molecule has 0 saturated heterocycles. The van der Waals surface area contributed by atoms with Crippen molar-refractivity contribution in [3.63, 3.8) is 0 Å². The van der Waals surface area contributed by atoms with Crippen LogP contribution in [-0.4, -0.2) is 29.7 Å². The molecule has 1 heterocycles. The van der Waals surface area contributed by atoms with E-state index in [1.54, 1.807) is 24.0 Å². The number of carbonyl (C=O) groups is 2. The van der Waals surface area contributed by atoms with Crippen LogP contribution in [0, 0.1) is 0 Å². The lowest BCUT2D eigenvalue weighted by Crippen LogP contribution is -2.21. The van der Waals surface area contributed by atoms with Crippen molar-refractivity contribution in [1.82, 2.24) is 4.98 Å². The number of hydrogen-bond acceptors (Lipinski definition) is 4. The second-order valence-electron chi connectivity index (χ2n) is 5.48. The third kappa shape index (κ3) is 4.42. The number of rotatable bonds is 6. The Morgan fingerprint density at radius 1 is 1.16 bits per heavy atom. The van der Waals surface area contributed by atoms with E-state index in [1.165, 1.54) is 0 Å². The fraction of sp³-hybridized carbons (Fsp3) is 0.158. The summed E-state index contributed by atoms with van der Waals surface area (Å²) < 4.78 is 5.08. The van der Waals surface area contributed by atoms with Gasteiger partial charge < -0.3 is 15.0 Å². The molecule has 0 spiro atoms. The predicted molar refractivity (Wildman–Crippen MR) is 99.8 cm³/mol. The Bertz CT molecular complexity index is 904. The lowest BCUT2D eigenvalue weighted by molar-refractivity contribution is -0.146. The largest absolute Gasteiger partial charge is 0.455 e. The molecular formula is C19H18N2O3S. The Morgan fingerprint density at radius 3 is 2.84 bits per heavy atom. The predicted octanol–water partition coefficient (Wildman–Crippen LogP) is 3.61. The zero-order valence-electron chi connectivity index (χ0n) is 13.7. The Hall–Kier alpha value is -2.73. The van der Waals surface area contributed by atoms with E-state index in [0.29, 0.717) is 5.69 Å². The quantitative estimate of drug-likeness (QED) is 0.524. The van der Waals surface area contributed by atoms with Gasteiger partial charge in [0.15, 0.2) is 6.61 Å². The molecule has 0 fully saturated rings. The monoisotopic (exact) mass is 354 g/mol. The summed E-state index contributed by atoms with van der Waals surface area (Å²) in [5.41, 5.74) is 2.51. The Balaban J connectivity index is 1.52. The van der Waals surface area contributed by atoms with Gasteiger partial charge in [-0.15, -0.1) is 11.8 Å². The molecule has 1 amide bonds. The van der Waals surface area contributed by atoms with Crippen molar-refractivity contribution in [2.24, 2.45) is 0 Å². The number of thioether (sulfide) groups is 1. The van der Waals surface area contributed by atoms with E-state index in [2.05, 4.69) is 10.3 Å². The molecule has 0 unspecified atom stereocenters. The number of ether oxygens (including phenoxy) is 1.